The van der Waals surface area contributed by atoms with Crippen molar-refractivity contribution in [2.75, 3.05) is 25.4 Å². The molecule has 0 aromatic heterocycles. The maximum atomic E-state index is 13.3. The summed E-state index contributed by atoms with van der Waals surface area (Å²) in [4.78, 5) is 43.2. The first-order valence-corrected chi connectivity index (χ1v) is 12.5. The molecule has 2 saturated heterocycles. The van der Waals surface area contributed by atoms with Crippen LogP contribution >= 0.6 is 0 Å². The van der Waals surface area contributed by atoms with Crippen LogP contribution in [0.25, 0.3) is 0 Å². The Morgan fingerprint density at radius 3 is 2.22 bits per heavy atom. The second-order valence-corrected chi connectivity index (χ2v) is 9.75. The molecule has 3 amide bonds. The fraction of sp³-hybridized carbons (Fsp3) is 0.423. The topological polar surface area (TPSA) is 122 Å². The number of nitrogens with zero attached hydrogens (tertiary/aromatic N) is 3. The molecule has 2 aromatic carbocycles. The van der Waals surface area contributed by atoms with Crippen LogP contribution in [0.4, 0.5) is 36.8 Å². The molecule has 0 saturated carbocycles. The van der Waals surface area contributed by atoms with Gasteiger partial charge in [0, 0.05) is 25.2 Å². The molecule has 0 aliphatic carbocycles. The molecular weight excluding hydrogens is 560 g/mol. The van der Waals surface area contributed by atoms with E-state index in [1.165, 1.54) is 9.80 Å². The summed E-state index contributed by atoms with van der Waals surface area (Å²) < 4.78 is 84.5. The van der Waals surface area contributed by atoms with Crippen molar-refractivity contribution < 1.29 is 45.5 Å². The summed E-state index contributed by atoms with van der Waals surface area (Å²) >= 11 is 0. The SMILES string of the molecule is NCC[C@H]1C(=O)N(Cc2cccc(N)c2)C[C@@H]2N(C(=O)OCc3cc(C(F)(F)F)cc(C(F)(F)F)c3)CCC(=O)N21. The molecule has 2 heterocycles. The van der Waals surface area contributed by atoms with E-state index >= 15 is 0 Å². The van der Waals surface area contributed by atoms with Gasteiger partial charge in [-0.05, 0) is 54.4 Å². The predicted octanol–water partition coefficient (Wildman–Crippen LogP) is 3.56. The minimum absolute atomic E-state index is 0.0228. The van der Waals surface area contributed by atoms with E-state index in [1.54, 1.807) is 24.3 Å². The first-order chi connectivity index (χ1) is 19.2. The number of rotatable bonds is 6. The summed E-state index contributed by atoms with van der Waals surface area (Å²) in [6.45, 7) is -0.971. The molecule has 0 spiro atoms. The van der Waals surface area contributed by atoms with Crippen LogP contribution in [0.5, 0.6) is 0 Å². The summed E-state index contributed by atoms with van der Waals surface area (Å²) in [5.41, 5.74) is 9.11. The van der Waals surface area contributed by atoms with Gasteiger partial charge in [0.15, 0.2) is 0 Å². The largest absolute Gasteiger partial charge is 0.444 e. The number of alkyl halides is 6. The minimum Gasteiger partial charge on any atom is -0.444 e. The highest BCUT2D eigenvalue weighted by Gasteiger charge is 2.49. The number of amides is 3. The summed E-state index contributed by atoms with van der Waals surface area (Å²) in [5.74, 6) is -0.788. The Hall–Kier alpha value is -4.01. The number of nitrogen functional groups attached to an aromatic ring is 1. The van der Waals surface area contributed by atoms with E-state index in [9.17, 15) is 40.7 Å². The van der Waals surface area contributed by atoms with Gasteiger partial charge in [-0.15, -0.1) is 0 Å². The maximum Gasteiger partial charge on any atom is 0.416 e. The van der Waals surface area contributed by atoms with Crippen molar-refractivity contribution in [3.05, 3.63) is 64.7 Å². The van der Waals surface area contributed by atoms with Gasteiger partial charge in [0.1, 0.15) is 18.8 Å². The summed E-state index contributed by atoms with van der Waals surface area (Å²) in [6, 6.07) is 6.72. The monoisotopic (exact) mass is 587 g/mol. The van der Waals surface area contributed by atoms with Gasteiger partial charge in [0.05, 0.1) is 17.7 Å². The molecule has 2 aliphatic rings. The van der Waals surface area contributed by atoms with Crippen LogP contribution in [0.3, 0.4) is 0 Å². The second kappa shape index (κ2) is 11.5. The standard InChI is InChI=1S/C26H27F6N5O4/c27-25(28,29)17-8-16(9-18(11-17)26(30,31)32)14-41-24(40)36-7-5-22(38)37-20(4-6-33)23(39)35(13-21(36)37)12-15-2-1-3-19(34)10-15/h1-3,8-11,20-21H,4-7,12-14,33-34H2/t20-,21+/m0/s1. The Morgan fingerprint density at radius 2 is 1.63 bits per heavy atom. The molecule has 2 atom stereocenters. The number of carbonyl (C=O) groups is 3. The lowest BCUT2D eigenvalue weighted by Crippen LogP contribution is -2.71. The van der Waals surface area contributed by atoms with Crippen LogP contribution in [0.1, 0.15) is 35.1 Å². The molecular formula is C26H27F6N5O4. The highest BCUT2D eigenvalue weighted by Crippen LogP contribution is 2.36. The molecule has 4 N–H and O–H groups in total. The van der Waals surface area contributed by atoms with Crippen LogP contribution in [-0.4, -0.2) is 64.4 Å². The average molecular weight is 588 g/mol. The van der Waals surface area contributed by atoms with E-state index in [1.807, 2.05) is 0 Å². The fourth-order valence-electron chi connectivity index (χ4n) is 5.01. The fourth-order valence-corrected chi connectivity index (χ4v) is 5.01. The van der Waals surface area contributed by atoms with Gasteiger partial charge in [-0.3, -0.25) is 14.5 Å². The van der Waals surface area contributed by atoms with Crippen molar-refractivity contribution in [3.8, 4) is 0 Å². The van der Waals surface area contributed by atoms with Gasteiger partial charge in [0.2, 0.25) is 11.8 Å². The van der Waals surface area contributed by atoms with E-state index in [-0.39, 0.29) is 51.0 Å². The van der Waals surface area contributed by atoms with Gasteiger partial charge in [-0.1, -0.05) is 12.1 Å². The van der Waals surface area contributed by atoms with Gasteiger partial charge in [0.25, 0.3) is 0 Å². The highest BCUT2D eigenvalue weighted by atomic mass is 19.4. The third-order valence-electron chi connectivity index (χ3n) is 6.86. The van der Waals surface area contributed by atoms with Crippen molar-refractivity contribution in [1.29, 1.82) is 0 Å². The van der Waals surface area contributed by atoms with Crippen molar-refractivity contribution in [1.82, 2.24) is 14.7 Å². The molecule has 2 aliphatic heterocycles. The van der Waals surface area contributed by atoms with Crippen LogP contribution < -0.4 is 11.5 Å². The van der Waals surface area contributed by atoms with Crippen LogP contribution in [0.15, 0.2) is 42.5 Å². The number of halogens is 6. The third-order valence-corrected chi connectivity index (χ3v) is 6.86. The van der Waals surface area contributed by atoms with Gasteiger partial charge >= 0.3 is 18.4 Å². The number of fused-ring (bicyclic) bond motifs is 1. The molecule has 2 aromatic rings. The number of carbonyl (C=O) groups excluding carboxylic acids is 3. The number of hydrogen-bond donors (Lipinski definition) is 2. The Kier molecular flexibility index (Phi) is 8.38. The van der Waals surface area contributed by atoms with E-state index in [2.05, 4.69) is 0 Å². The zero-order valence-corrected chi connectivity index (χ0v) is 21.5. The molecule has 0 bridgehead atoms. The molecule has 9 nitrogen and oxygen atoms in total. The number of nitrogens with two attached hydrogens (primary N) is 2. The summed E-state index contributed by atoms with van der Waals surface area (Å²) in [7, 11) is 0. The summed E-state index contributed by atoms with van der Waals surface area (Å²) in [5, 5.41) is 0. The van der Waals surface area contributed by atoms with Crippen LogP contribution in [0.2, 0.25) is 0 Å². The van der Waals surface area contributed by atoms with Crippen LogP contribution in [0, 0.1) is 0 Å². The maximum absolute atomic E-state index is 13.3. The van der Waals surface area contributed by atoms with Gasteiger partial charge in [-0.25, -0.2) is 4.79 Å². The Balaban J connectivity index is 1.57. The van der Waals surface area contributed by atoms with Crippen molar-refractivity contribution in [2.24, 2.45) is 5.73 Å². The highest BCUT2D eigenvalue weighted by molar-refractivity contribution is 5.90. The number of hydrogen-bond acceptors (Lipinski definition) is 6. The number of piperazine rings is 1. The third kappa shape index (κ3) is 6.66. The lowest BCUT2D eigenvalue weighted by Gasteiger charge is -2.51. The minimum atomic E-state index is -5.06. The summed E-state index contributed by atoms with van der Waals surface area (Å²) in [6.07, 6.45) is -12.3. The smallest absolute Gasteiger partial charge is 0.416 e. The number of ether oxygens (including phenoxy) is 1. The number of benzene rings is 2. The Bertz CT molecular complexity index is 1290. The quantitative estimate of drug-likeness (QED) is 0.394. The average Bonchev–Trinajstić information content (AvgIpc) is 2.88. The van der Waals surface area contributed by atoms with E-state index in [0.29, 0.717) is 23.4 Å². The van der Waals surface area contributed by atoms with E-state index in [0.717, 1.165) is 4.90 Å². The molecule has 222 valence electrons. The van der Waals surface area contributed by atoms with E-state index < -0.39 is 59.9 Å². The lowest BCUT2D eigenvalue weighted by molar-refractivity contribution is -0.168. The Morgan fingerprint density at radius 1 is 0.976 bits per heavy atom. The molecule has 41 heavy (non-hydrogen) atoms. The molecule has 4 rings (SSSR count). The predicted molar refractivity (Wildman–Crippen MR) is 132 cm³/mol. The number of anilines is 1. The van der Waals surface area contributed by atoms with Crippen molar-refractivity contribution >= 4 is 23.6 Å². The normalized spacial score (nSPS) is 19.8. The van der Waals surface area contributed by atoms with Gasteiger partial charge < -0.3 is 26.0 Å². The van der Waals surface area contributed by atoms with Crippen molar-refractivity contribution in [3.63, 3.8) is 0 Å². The zero-order valence-electron chi connectivity index (χ0n) is 21.5. The Labute approximate surface area is 230 Å². The molecule has 0 radical (unpaired) electrons. The zero-order chi connectivity index (χ0) is 30.1. The van der Waals surface area contributed by atoms with Crippen LogP contribution in [-0.2, 0) is 39.8 Å². The molecule has 2 fully saturated rings. The first kappa shape index (κ1) is 30.0. The van der Waals surface area contributed by atoms with Gasteiger partial charge in [-0.2, -0.15) is 26.3 Å². The molecule has 15 heteroatoms. The lowest BCUT2D eigenvalue weighted by atomic mass is 10.0. The molecule has 0 unspecified atom stereocenters. The van der Waals surface area contributed by atoms with E-state index in [4.69, 9.17) is 16.2 Å². The first-order valence-electron chi connectivity index (χ1n) is 12.5. The van der Waals surface area contributed by atoms with Crippen molar-refractivity contribution in [2.45, 2.75) is 50.6 Å². The second-order valence-electron chi connectivity index (χ2n) is 9.75.